The van der Waals surface area contributed by atoms with Gasteiger partial charge in [-0.25, -0.2) is 0 Å². The molecule has 1 aliphatic rings. The minimum atomic E-state index is -4.88. The topological polar surface area (TPSA) is 46.3 Å². The molecule has 2 rings (SSSR count). The second-order valence-corrected chi connectivity index (χ2v) is 4.05. The number of nitrogens with zero attached hydrogens (tertiary/aromatic N) is 1. The molecule has 0 atom stereocenters. The van der Waals surface area contributed by atoms with Crippen LogP contribution < -0.4 is 10.6 Å². The lowest BCUT2D eigenvalue weighted by Gasteiger charge is -2.19. The van der Waals surface area contributed by atoms with Gasteiger partial charge in [0.05, 0.1) is 10.7 Å². The molecule has 7 heteroatoms. The van der Waals surface area contributed by atoms with Crippen molar-refractivity contribution < 1.29 is 18.0 Å². The van der Waals surface area contributed by atoms with Crippen LogP contribution in [0.1, 0.15) is 5.56 Å². The molecule has 17 heavy (non-hydrogen) atoms. The van der Waals surface area contributed by atoms with Gasteiger partial charge in [-0.1, -0.05) is 11.6 Å². The number of nitrogen functional groups attached to an aromatic ring is 1. The van der Waals surface area contributed by atoms with E-state index in [9.17, 15) is 18.0 Å². The van der Waals surface area contributed by atoms with Gasteiger partial charge in [0.1, 0.15) is 0 Å². The average molecular weight is 265 g/mol. The second kappa shape index (κ2) is 3.80. The van der Waals surface area contributed by atoms with E-state index in [2.05, 4.69) is 0 Å². The van der Waals surface area contributed by atoms with Crippen LogP contribution in [0.25, 0.3) is 0 Å². The fraction of sp³-hybridized carbons (Fsp3) is 0.300. The summed E-state index contributed by atoms with van der Waals surface area (Å²) >= 11 is 5.88. The van der Waals surface area contributed by atoms with Gasteiger partial charge in [0.15, 0.2) is 0 Å². The molecule has 1 amide bonds. The molecule has 1 aromatic carbocycles. The Morgan fingerprint density at radius 2 is 2.06 bits per heavy atom. The molecular formula is C10H8ClF3N2O. The van der Waals surface area contributed by atoms with Crippen LogP contribution in [0.4, 0.5) is 24.5 Å². The van der Waals surface area contributed by atoms with Crippen molar-refractivity contribution in [2.45, 2.75) is 12.6 Å². The molecule has 0 bridgehead atoms. The summed E-state index contributed by atoms with van der Waals surface area (Å²) in [5.74, 6) is -1.88. The minimum absolute atomic E-state index is 0.0309. The Balaban J connectivity index is 2.42. The molecule has 0 fully saturated rings. The third-order valence-corrected chi connectivity index (χ3v) is 3.06. The van der Waals surface area contributed by atoms with Crippen molar-refractivity contribution in [1.82, 2.24) is 0 Å². The van der Waals surface area contributed by atoms with Crippen molar-refractivity contribution in [3.05, 3.63) is 22.7 Å². The predicted octanol–water partition coefficient (Wildman–Crippen LogP) is 2.37. The van der Waals surface area contributed by atoms with Crippen molar-refractivity contribution in [1.29, 1.82) is 0 Å². The molecule has 0 spiro atoms. The van der Waals surface area contributed by atoms with Crippen LogP contribution in [0.15, 0.2) is 12.1 Å². The van der Waals surface area contributed by atoms with E-state index in [1.165, 1.54) is 12.1 Å². The van der Waals surface area contributed by atoms with E-state index in [-0.39, 0.29) is 23.7 Å². The molecule has 92 valence electrons. The van der Waals surface area contributed by atoms with Crippen molar-refractivity contribution in [2.75, 3.05) is 17.2 Å². The number of benzene rings is 1. The number of fused-ring (bicyclic) bond motifs is 1. The monoisotopic (exact) mass is 264 g/mol. The summed E-state index contributed by atoms with van der Waals surface area (Å²) in [4.78, 5) is 11.8. The molecule has 0 saturated carbocycles. The van der Waals surface area contributed by atoms with Gasteiger partial charge in [-0.15, -0.1) is 0 Å². The summed E-state index contributed by atoms with van der Waals surface area (Å²) in [5.41, 5.74) is 6.52. The van der Waals surface area contributed by atoms with Crippen molar-refractivity contribution in [2.24, 2.45) is 0 Å². The standard InChI is InChI=1S/C10H8ClF3N2O/c11-8-5-3-4-16(9(17)10(12,13)14)7(5)2-1-6(8)15/h1-2H,3-4,15H2. The first-order valence-electron chi connectivity index (χ1n) is 4.78. The number of carbonyl (C=O) groups excluding carboxylic acids is 1. The summed E-state index contributed by atoms with van der Waals surface area (Å²) in [6.07, 6.45) is -4.60. The van der Waals surface area contributed by atoms with Gasteiger partial charge in [-0.2, -0.15) is 13.2 Å². The fourth-order valence-corrected chi connectivity index (χ4v) is 2.08. The predicted molar refractivity (Wildman–Crippen MR) is 58.0 cm³/mol. The number of nitrogens with two attached hydrogens (primary N) is 1. The lowest BCUT2D eigenvalue weighted by molar-refractivity contribution is -0.170. The molecule has 0 saturated heterocycles. The van der Waals surface area contributed by atoms with E-state index >= 15 is 0 Å². The molecule has 0 radical (unpaired) electrons. The normalized spacial score (nSPS) is 14.9. The van der Waals surface area contributed by atoms with E-state index < -0.39 is 12.1 Å². The van der Waals surface area contributed by atoms with Crippen molar-refractivity contribution in [3.63, 3.8) is 0 Å². The van der Waals surface area contributed by atoms with Gasteiger partial charge in [-0.3, -0.25) is 4.79 Å². The molecule has 3 nitrogen and oxygen atoms in total. The number of alkyl halides is 3. The van der Waals surface area contributed by atoms with Crippen LogP contribution in [-0.2, 0) is 11.2 Å². The SMILES string of the molecule is Nc1ccc2c(c1Cl)CCN2C(=O)C(F)(F)F. The Kier molecular flexibility index (Phi) is 2.69. The zero-order valence-corrected chi connectivity index (χ0v) is 9.27. The Morgan fingerprint density at radius 1 is 1.41 bits per heavy atom. The number of carbonyl (C=O) groups is 1. The largest absolute Gasteiger partial charge is 0.471 e. The lowest BCUT2D eigenvalue weighted by Crippen LogP contribution is -2.40. The highest BCUT2D eigenvalue weighted by molar-refractivity contribution is 6.34. The Bertz CT molecular complexity index is 487. The van der Waals surface area contributed by atoms with Gasteiger partial charge < -0.3 is 10.6 Å². The smallest absolute Gasteiger partial charge is 0.398 e. The Labute approximate surface area is 99.9 Å². The number of halogens is 4. The van der Waals surface area contributed by atoms with Gasteiger partial charge in [0.2, 0.25) is 0 Å². The number of rotatable bonds is 0. The first-order valence-corrected chi connectivity index (χ1v) is 5.15. The molecule has 1 heterocycles. The van der Waals surface area contributed by atoms with Crippen LogP contribution >= 0.6 is 11.6 Å². The van der Waals surface area contributed by atoms with E-state index in [0.29, 0.717) is 16.2 Å². The first kappa shape index (κ1) is 12.0. The van der Waals surface area contributed by atoms with Crippen LogP contribution in [0.3, 0.4) is 0 Å². The fourth-order valence-electron chi connectivity index (χ4n) is 1.83. The quantitative estimate of drug-likeness (QED) is 0.731. The third kappa shape index (κ3) is 1.93. The summed E-state index contributed by atoms with van der Waals surface area (Å²) < 4.78 is 37.0. The van der Waals surface area contributed by atoms with Crippen molar-refractivity contribution >= 4 is 28.9 Å². The zero-order chi connectivity index (χ0) is 12.8. The molecule has 1 aliphatic heterocycles. The molecule has 1 aromatic rings. The van der Waals surface area contributed by atoms with Crippen LogP contribution in [0, 0.1) is 0 Å². The third-order valence-electron chi connectivity index (χ3n) is 2.61. The minimum Gasteiger partial charge on any atom is -0.398 e. The van der Waals surface area contributed by atoms with E-state index in [1.807, 2.05) is 0 Å². The van der Waals surface area contributed by atoms with Crippen LogP contribution in [0.2, 0.25) is 5.02 Å². The Hall–Kier alpha value is -1.43. The van der Waals surface area contributed by atoms with Crippen molar-refractivity contribution in [3.8, 4) is 0 Å². The number of amides is 1. The van der Waals surface area contributed by atoms with E-state index in [0.717, 1.165) is 0 Å². The number of hydrogen-bond acceptors (Lipinski definition) is 2. The average Bonchev–Trinajstić information content (AvgIpc) is 2.65. The van der Waals surface area contributed by atoms with Crippen LogP contribution in [-0.4, -0.2) is 18.6 Å². The van der Waals surface area contributed by atoms with E-state index in [4.69, 9.17) is 17.3 Å². The van der Waals surface area contributed by atoms with Gasteiger partial charge in [-0.05, 0) is 24.1 Å². The lowest BCUT2D eigenvalue weighted by atomic mass is 10.1. The maximum atomic E-state index is 12.3. The first-order chi connectivity index (χ1) is 7.82. The molecule has 0 unspecified atom stereocenters. The molecular weight excluding hydrogens is 257 g/mol. The summed E-state index contributed by atoms with van der Waals surface area (Å²) in [5, 5.41) is 0.222. The molecule has 2 N–H and O–H groups in total. The highest BCUT2D eigenvalue weighted by Crippen LogP contribution is 2.38. The van der Waals surface area contributed by atoms with Gasteiger partial charge in [0.25, 0.3) is 0 Å². The van der Waals surface area contributed by atoms with Gasteiger partial charge in [0, 0.05) is 12.2 Å². The molecule has 0 aromatic heterocycles. The Morgan fingerprint density at radius 3 is 2.65 bits per heavy atom. The summed E-state index contributed by atoms with van der Waals surface area (Å²) in [6.45, 7) is -0.0309. The zero-order valence-electron chi connectivity index (χ0n) is 8.51. The number of hydrogen-bond donors (Lipinski definition) is 1. The second-order valence-electron chi connectivity index (χ2n) is 3.67. The van der Waals surface area contributed by atoms with Crippen LogP contribution in [0.5, 0.6) is 0 Å². The molecule has 0 aliphatic carbocycles. The summed E-state index contributed by atoms with van der Waals surface area (Å²) in [6, 6.07) is 2.77. The highest BCUT2D eigenvalue weighted by Gasteiger charge is 2.45. The summed E-state index contributed by atoms with van der Waals surface area (Å²) in [7, 11) is 0. The maximum absolute atomic E-state index is 12.3. The van der Waals surface area contributed by atoms with Gasteiger partial charge >= 0.3 is 12.1 Å². The number of anilines is 2. The maximum Gasteiger partial charge on any atom is 0.471 e. The highest BCUT2D eigenvalue weighted by atomic mass is 35.5. The van der Waals surface area contributed by atoms with E-state index in [1.54, 1.807) is 0 Å².